The first-order valence-electron chi connectivity index (χ1n) is 6.63. The number of nitrogens with zero attached hydrogens (tertiary/aromatic N) is 2. The molecular formula is C14H19N3S. The summed E-state index contributed by atoms with van der Waals surface area (Å²) in [4.78, 5) is 4.08. The highest BCUT2D eigenvalue weighted by Gasteiger charge is 2.20. The van der Waals surface area contributed by atoms with E-state index in [0.29, 0.717) is 0 Å². The molecule has 1 aliphatic heterocycles. The van der Waals surface area contributed by atoms with Crippen LogP contribution < -0.4 is 0 Å². The lowest BCUT2D eigenvalue weighted by Gasteiger charge is -2.32. The molecule has 0 saturated carbocycles. The summed E-state index contributed by atoms with van der Waals surface area (Å²) >= 11 is 1.87. The minimum atomic E-state index is 0.777. The second-order valence-corrected chi connectivity index (χ2v) is 6.14. The van der Waals surface area contributed by atoms with Crippen LogP contribution in [-0.4, -0.2) is 28.2 Å². The Kier molecular flexibility index (Phi) is 3.76. The lowest BCUT2D eigenvalue weighted by molar-refractivity contribution is 0.167. The largest absolute Gasteiger partial charge is 0.298 e. The van der Waals surface area contributed by atoms with Crippen LogP contribution >= 0.6 is 11.3 Å². The lowest BCUT2D eigenvalue weighted by atomic mass is 9.93. The number of piperidine rings is 1. The zero-order valence-corrected chi connectivity index (χ0v) is 11.3. The third kappa shape index (κ3) is 3.00. The summed E-state index contributed by atoms with van der Waals surface area (Å²) in [5.41, 5.74) is 1.28. The topological polar surface area (TPSA) is 31.9 Å². The average Bonchev–Trinajstić information content (AvgIpc) is 3.03. The van der Waals surface area contributed by atoms with Gasteiger partial charge in [-0.25, -0.2) is 0 Å². The van der Waals surface area contributed by atoms with Crippen molar-refractivity contribution >= 4 is 11.3 Å². The van der Waals surface area contributed by atoms with Crippen LogP contribution in [0.1, 0.15) is 23.4 Å². The second-order valence-electron chi connectivity index (χ2n) is 5.11. The van der Waals surface area contributed by atoms with Crippen LogP contribution in [0.2, 0.25) is 0 Å². The predicted octanol–water partition coefficient (Wildman–Crippen LogP) is 2.93. The summed E-state index contributed by atoms with van der Waals surface area (Å²) < 4.78 is 0. The summed E-state index contributed by atoms with van der Waals surface area (Å²) in [5, 5.41) is 9.28. The van der Waals surface area contributed by atoms with Crippen LogP contribution in [0.3, 0.4) is 0 Å². The molecule has 0 aliphatic carbocycles. The quantitative estimate of drug-likeness (QED) is 0.917. The van der Waals surface area contributed by atoms with E-state index in [-0.39, 0.29) is 0 Å². The molecule has 4 heteroatoms. The molecule has 1 saturated heterocycles. The van der Waals surface area contributed by atoms with Crippen molar-refractivity contribution in [2.45, 2.75) is 25.8 Å². The normalized spacial score (nSPS) is 21.2. The maximum Gasteiger partial charge on any atom is 0.0490 e. The Balaban J connectivity index is 1.55. The van der Waals surface area contributed by atoms with Gasteiger partial charge >= 0.3 is 0 Å². The van der Waals surface area contributed by atoms with E-state index in [1.54, 1.807) is 0 Å². The van der Waals surface area contributed by atoms with Gasteiger partial charge in [0.2, 0.25) is 0 Å². The summed E-state index contributed by atoms with van der Waals surface area (Å²) in [6.45, 7) is 3.59. The van der Waals surface area contributed by atoms with E-state index >= 15 is 0 Å². The molecule has 3 heterocycles. The highest BCUT2D eigenvalue weighted by molar-refractivity contribution is 7.09. The predicted molar refractivity (Wildman–Crippen MR) is 74.6 cm³/mol. The molecule has 96 valence electrons. The molecule has 1 N–H and O–H groups in total. The zero-order chi connectivity index (χ0) is 12.2. The summed E-state index contributed by atoms with van der Waals surface area (Å²) in [5.74, 6) is 0.777. The number of hydrogen-bond donors (Lipinski definition) is 1. The minimum absolute atomic E-state index is 0.777. The number of nitrogens with one attached hydrogen (secondary N) is 1. The van der Waals surface area contributed by atoms with Crippen molar-refractivity contribution in [1.29, 1.82) is 0 Å². The number of thiophene rings is 1. The first kappa shape index (κ1) is 11.9. The third-order valence-corrected chi connectivity index (χ3v) is 4.49. The smallest absolute Gasteiger partial charge is 0.0490 e. The first-order chi connectivity index (χ1) is 8.90. The summed E-state index contributed by atoms with van der Waals surface area (Å²) in [6, 6.07) is 6.48. The van der Waals surface area contributed by atoms with Crippen LogP contribution in [0.5, 0.6) is 0 Å². The number of aromatic nitrogens is 2. The van der Waals surface area contributed by atoms with Crippen molar-refractivity contribution in [3.8, 4) is 0 Å². The van der Waals surface area contributed by atoms with Crippen LogP contribution in [0.4, 0.5) is 0 Å². The fourth-order valence-electron chi connectivity index (χ4n) is 2.79. The van der Waals surface area contributed by atoms with Crippen molar-refractivity contribution in [3.63, 3.8) is 0 Å². The van der Waals surface area contributed by atoms with E-state index in [2.05, 4.69) is 38.7 Å². The molecule has 1 atom stereocenters. The monoisotopic (exact) mass is 261 g/mol. The van der Waals surface area contributed by atoms with E-state index in [1.807, 2.05) is 17.5 Å². The van der Waals surface area contributed by atoms with Crippen molar-refractivity contribution in [2.24, 2.45) is 5.92 Å². The molecule has 0 bridgehead atoms. The fourth-order valence-corrected chi connectivity index (χ4v) is 3.54. The fraction of sp³-hybridized carbons (Fsp3) is 0.500. The van der Waals surface area contributed by atoms with E-state index in [9.17, 15) is 0 Å². The maximum absolute atomic E-state index is 4.03. The molecule has 18 heavy (non-hydrogen) atoms. The van der Waals surface area contributed by atoms with E-state index in [1.165, 1.54) is 36.5 Å². The summed E-state index contributed by atoms with van der Waals surface area (Å²) in [7, 11) is 0. The number of likely N-dealkylation sites (tertiary alicyclic amines) is 1. The Morgan fingerprint density at radius 2 is 2.44 bits per heavy atom. The molecule has 0 spiro atoms. The van der Waals surface area contributed by atoms with Gasteiger partial charge in [-0.15, -0.1) is 11.3 Å². The van der Waals surface area contributed by atoms with Crippen molar-refractivity contribution in [3.05, 3.63) is 40.3 Å². The molecule has 2 aromatic rings. The molecule has 0 aromatic carbocycles. The lowest BCUT2D eigenvalue weighted by Crippen LogP contribution is -2.35. The average molecular weight is 261 g/mol. The molecule has 3 rings (SSSR count). The van der Waals surface area contributed by atoms with Crippen LogP contribution in [0, 0.1) is 5.92 Å². The Morgan fingerprint density at radius 1 is 1.44 bits per heavy atom. The van der Waals surface area contributed by atoms with E-state index < -0.39 is 0 Å². The number of rotatable bonds is 4. The maximum atomic E-state index is 4.03. The van der Waals surface area contributed by atoms with Gasteiger partial charge in [-0.05, 0) is 49.2 Å². The number of hydrogen-bond acceptors (Lipinski definition) is 3. The van der Waals surface area contributed by atoms with Crippen molar-refractivity contribution in [2.75, 3.05) is 13.1 Å². The molecule has 0 amide bonds. The van der Waals surface area contributed by atoms with Gasteiger partial charge < -0.3 is 0 Å². The third-order valence-electron chi connectivity index (χ3n) is 3.63. The Labute approximate surface area is 112 Å². The van der Waals surface area contributed by atoms with Crippen molar-refractivity contribution < 1.29 is 0 Å². The highest BCUT2D eigenvalue weighted by Crippen LogP contribution is 2.22. The molecule has 2 aromatic heterocycles. The van der Waals surface area contributed by atoms with Gasteiger partial charge in [0.15, 0.2) is 0 Å². The SMILES string of the molecule is c1csc(CN2CCCC(Cc3ccn[nH]3)C2)c1. The molecule has 1 unspecified atom stereocenters. The van der Waals surface area contributed by atoms with Gasteiger partial charge in [0, 0.05) is 29.9 Å². The Bertz CT molecular complexity index is 407. The van der Waals surface area contributed by atoms with Crippen LogP contribution in [0.15, 0.2) is 29.8 Å². The minimum Gasteiger partial charge on any atom is -0.298 e. The van der Waals surface area contributed by atoms with Crippen LogP contribution in [-0.2, 0) is 13.0 Å². The van der Waals surface area contributed by atoms with Gasteiger partial charge in [0.25, 0.3) is 0 Å². The molecule has 1 fully saturated rings. The molecule has 0 radical (unpaired) electrons. The number of aromatic amines is 1. The van der Waals surface area contributed by atoms with Gasteiger partial charge in [-0.2, -0.15) is 5.10 Å². The highest BCUT2D eigenvalue weighted by atomic mass is 32.1. The van der Waals surface area contributed by atoms with E-state index in [4.69, 9.17) is 0 Å². The van der Waals surface area contributed by atoms with Crippen LogP contribution in [0.25, 0.3) is 0 Å². The summed E-state index contributed by atoms with van der Waals surface area (Å²) in [6.07, 6.45) is 5.66. The molecule has 3 nitrogen and oxygen atoms in total. The van der Waals surface area contributed by atoms with Crippen molar-refractivity contribution in [1.82, 2.24) is 15.1 Å². The van der Waals surface area contributed by atoms with Gasteiger partial charge in [-0.1, -0.05) is 6.07 Å². The van der Waals surface area contributed by atoms with E-state index in [0.717, 1.165) is 18.9 Å². The van der Waals surface area contributed by atoms with Gasteiger partial charge in [0.1, 0.15) is 0 Å². The van der Waals surface area contributed by atoms with Gasteiger partial charge in [0.05, 0.1) is 0 Å². The Morgan fingerprint density at radius 3 is 3.22 bits per heavy atom. The second kappa shape index (κ2) is 5.67. The number of H-pyrrole nitrogens is 1. The molecular weight excluding hydrogens is 242 g/mol. The zero-order valence-electron chi connectivity index (χ0n) is 10.5. The Hall–Kier alpha value is -1.13. The standard InChI is InChI=1S/C14H19N3S/c1-3-12(9-13-5-6-15-16-13)10-17(7-1)11-14-4-2-8-18-14/h2,4-6,8,12H,1,3,7,9-11H2,(H,15,16). The van der Waals surface area contributed by atoms with Gasteiger partial charge in [-0.3, -0.25) is 10.00 Å². The first-order valence-corrected chi connectivity index (χ1v) is 7.51. The molecule has 1 aliphatic rings.